The molecule has 1 aromatic heterocycles. The second-order valence-electron chi connectivity index (χ2n) is 4.24. The second-order valence-corrected chi connectivity index (χ2v) is 8.86. The number of hydrogen-bond acceptors (Lipinski definition) is 5. The maximum absolute atomic E-state index is 12.4. The number of hydrogen-bond donors (Lipinski definition) is 2. The van der Waals surface area contributed by atoms with Crippen LogP contribution in [0.1, 0.15) is 12.8 Å². The van der Waals surface area contributed by atoms with Crippen LogP contribution in [0.2, 0.25) is 0 Å². The molecule has 1 amide bonds. The van der Waals surface area contributed by atoms with Gasteiger partial charge in [0.25, 0.3) is 10.0 Å². The molecule has 0 spiro atoms. The lowest BCUT2D eigenvalue weighted by Crippen LogP contribution is -2.44. The highest BCUT2D eigenvalue weighted by Gasteiger charge is 2.33. The van der Waals surface area contributed by atoms with Gasteiger partial charge >= 0.3 is 0 Å². The van der Waals surface area contributed by atoms with Crippen molar-refractivity contribution in [2.75, 3.05) is 13.1 Å². The molecule has 1 atom stereocenters. The number of thiophene rings is 1. The number of halogens is 1. The Balaban J connectivity index is 2.19. The third-order valence-electron chi connectivity index (χ3n) is 3.01. The van der Waals surface area contributed by atoms with Crippen molar-refractivity contribution in [2.45, 2.75) is 17.1 Å². The van der Waals surface area contributed by atoms with E-state index in [0.29, 0.717) is 19.4 Å². The van der Waals surface area contributed by atoms with Crippen molar-refractivity contribution in [3.8, 4) is 0 Å². The summed E-state index contributed by atoms with van der Waals surface area (Å²) in [4.78, 5) is 11.4. The first-order chi connectivity index (χ1) is 8.95. The molecule has 0 radical (unpaired) electrons. The fraction of sp³-hybridized carbons (Fsp3) is 0.500. The van der Waals surface area contributed by atoms with Gasteiger partial charge in [0.05, 0.1) is 9.70 Å². The van der Waals surface area contributed by atoms with E-state index in [1.54, 1.807) is 17.6 Å². The molecular weight excluding hydrogens is 356 g/mol. The van der Waals surface area contributed by atoms with Crippen molar-refractivity contribution in [1.82, 2.24) is 9.79 Å². The Morgan fingerprint density at radius 1 is 1.53 bits per heavy atom. The maximum Gasteiger partial charge on any atom is 0.252 e. The van der Waals surface area contributed by atoms with E-state index in [1.165, 1.54) is 4.31 Å². The number of nitrogens with one attached hydrogen (secondary N) is 1. The lowest BCUT2D eigenvalue weighted by atomic mass is 9.99. The summed E-state index contributed by atoms with van der Waals surface area (Å²) in [6.07, 6.45) is 1.18. The van der Waals surface area contributed by atoms with Gasteiger partial charge in [0.2, 0.25) is 5.91 Å². The first-order valence-electron chi connectivity index (χ1n) is 5.64. The number of hydroxylamine groups is 1. The highest BCUT2D eigenvalue weighted by atomic mass is 79.9. The lowest BCUT2D eigenvalue weighted by Gasteiger charge is -2.30. The fourth-order valence-corrected chi connectivity index (χ4v) is 5.72. The predicted octanol–water partition coefficient (Wildman–Crippen LogP) is 1.42. The number of rotatable bonds is 3. The van der Waals surface area contributed by atoms with E-state index in [2.05, 4.69) is 15.9 Å². The van der Waals surface area contributed by atoms with Gasteiger partial charge in [-0.05, 0) is 40.9 Å². The van der Waals surface area contributed by atoms with Gasteiger partial charge < -0.3 is 0 Å². The van der Waals surface area contributed by atoms with Gasteiger partial charge in [0.1, 0.15) is 4.21 Å². The van der Waals surface area contributed by atoms with E-state index < -0.39 is 21.8 Å². The van der Waals surface area contributed by atoms with Gasteiger partial charge in [0, 0.05) is 13.1 Å². The molecule has 2 heterocycles. The van der Waals surface area contributed by atoms with Crippen LogP contribution < -0.4 is 5.48 Å². The summed E-state index contributed by atoms with van der Waals surface area (Å²) in [5, 5.41) is 8.62. The zero-order chi connectivity index (χ0) is 14.0. The Bertz CT molecular complexity index is 572. The Hall–Kier alpha value is -0.480. The van der Waals surface area contributed by atoms with E-state index in [-0.39, 0.29) is 10.8 Å². The molecule has 19 heavy (non-hydrogen) atoms. The van der Waals surface area contributed by atoms with Crippen molar-refractivity contribution >= 4 is 43.2 Å². The van der Waals surface area contributed by atoms with Gasteiger partial charge in [-0.3, -0.25) is 10.0 Å². The van der Waals surface area contributed by atoms with Crippen molar-refractivity contribution in [3.63, 3.8) is 0 Å². The summed E-state index contributed by atoms with van der Waals surface area (Å²) in [7, 11) is -3.56. The van der Waals surface area contributed by atoms with E-state index >= 15 is 0 Å². The molecule has 0 saturated carbocycles. The van der Waals surface area contributed by atoms with Crippen LogP contribution in [0.15, 0.2) is 20.1 Å². The molecule has 6 nitrogen and oxygen atoms in total. The zero-order valence-electron chi connectivity index (χ0n) is 9.87. The van der Waals surface area contributed by atoms with Crippen LogP contribution in [0, 0.1) is 5.92 Å². The first kappa shape index (κ1) is 14.9. The van der Waals surface area contributed by atoms with E-state index in [9.17, 15) is 13.2 Å². The van der Waals surface area contributed by atoms with Crippen LogP contribution in [-0.2, 0) is 14.8 Å². The average Bonchev–Trinajstić information content (AvgIpc) is 2.85. The highest BCUT2D eigenvalue weighted by Crippen LogP contribution is 2.30. The number of sulfonamides is 1. The van der Waals surface area contributed by atoms with Gasteiger partial charge in [-0.2, -0.15) is 4.31 Å². The van der Waals surface area contributed by atoms with Crippen LogP contribution >= 0.6 is 27.3 Å². The zero-order valence-corrected chi connectivity index (χ0v) is 13.1. The first-order valence-corrected chi connectivity index (χ1v) is 8.69. The molecule has 0 unspecified atom stereocenters. The van der Waals surface area contributed by atoms with Crippen LogP contribution in [0.5, 0.6) is 0 Å². The van der Waals surface area contributed by atoms with Crippen molar-refractivity contribution < 1.29 is 18.4 Å². The van der Waals surface area contributed by atoms with Crippen molar-refractivity contribution in [2.24, 2.45) is 5.92 Å². The molecule has 0 aliphatic carbocycles. The number of carbonyl (C=O) groups is 1. The number of piperidine rings is 1. The minimum atomic E-state index is -3.56. The third-order valence-corrected chi connectivity index (χ3v) is 6.96. The molecule has 106 valence electrons. The standard InChI is InChI=1S/C10H13BrN2O4S2/c11-8-3-4-9(18-8)19(16,17)13-5-1-2-7(6-13)10(14)12-15/h3-4,7,15H,1-2,5-6H2,(H,12,14)/t7-/m1/s1. The molecule has 2 rings (SSSR count). The van der Waals surface area contributed by atoms with Gasteiger partial charge in [0.15, 0.2) is 0 Å². The van der Waals surface area contributed by atoms with E-state index in [0.717, 1.165) is 15.1 Å². The molecule has 1 saturated heterocycles. The SMILES string of the molecule is O=C(NO)[C@@H]1CCCN(S(=O)(=O)c2ccc(Br)s2)C1. The van der Waals surface area contributed by atoms with E-state index in [4.69, 9.17) is 5.21 Å². The highest BCUT2D eigenvalue weighted by molar-refractivity contribution is 9.11. The molecule has 0 aromatic carbocycles. The Labute approximate surface area is 123 Å². The third kappa shape index (κ3) is 3.16. The normalized spacial score (nSPS) is 21.3. The summed E-state index contributed by atoms with van der Waals surface area (Å²) in [5.74, 6) is -1.04. The molecule has 0 bridgehead atoms. The smallest absolute Gasteiger partial charge is 0.252 e. The molecule has 1 fully saturated rings. The van der Waals surface area contributed by atoms with Crippen LogP contribution in [0.3, 0.4) is 0 Å². The molecule has 2 N–H and O–H groups in total. The molecule has 1 aliphatic heterocycles. The summed E-state index contributed by atoms with van der Waals surface area (Å²) in [6, 6.07) is 3.22. The maximum atomic E-state index is 12.4. The van der Waals surface area contributed by atoms with E-state index in [1.807, 2.05) is 0 Å². The average molecular weight is 369 g/mol. The van der Waals surface area contributed by atoms with Crippen LogP contribution in [0.25, 0.3) is 0 Å². The Morgan fingerprint density at radius 2 is 2.26 bits per heavy atom. The van der Waals surface area contributed by atoms with Crippen molar-refractivity contribution in [3.05, 3.63) is 15.9 Å². The minimum absolute atomic E-state index is 0.101. The summed E-state index contributed by atoms with van der Waals surface area (Å²) < 4.78 is 27.1. The van der Waals surface area contributed by atoms with Crippen molar-refractivity contribution in [1.29, 1.82) is 0 Å². The van der Waals surface area contributed by atoms with Gasteiger partial charge in [-0.15, -0.1) is 11.3 Å². The summed E-state index contributed by atoms with van der Waals surface area (Å²) in [6.45, 7) is 0.497. The quantitative estimate of drug-likeness (QED) is 0.623. The molecule has 1 aliphatic rings. The topological polar surface area (TPSA) is 86.7 Å². The fourth-order valence-electron chi connectivity index (χ4n) is 2.03. The molecular formula is C10H13BrN2O4S2. The van der Waals surface area contributed by atoms with Crippen LogP contribution in [-0.4, -0.2) is 36.9 Å². The lowest BCUT2D eigenvalue weighted by molar-refractivity contribution is -0.134. The minimum Gasteiger partial charge on any atom is -0.289 e. The Morgan fingerprint density at radius 3 is 2.84 bits per heavy atom. The number of carbonyl (C=O) groups excluding carboxylic acids is 1. The largest absolute Gasteiger partial charge is 0.289 e. The van der Waals surface area contributed by atoms with Gasteiger partial charge in [-0.1, -0.05) is 0 Å². The second kappa shape index (κ2) is 5.88. The monoisotopic (exact) mass is 368 g/mol. The Kier molecular flexibility index (Phi) is 4.62. The van der Waals surface area contributed by atoms with Crippen LogP contribution in [0.4, 0.5) is 0 Å². The number of amides is 1. The summed E-state index contributed by atoms with van der Waals surface area (Å²) in [5.41, 5.74) is 1.59. The van der Waals surface area contributed by atoms with Gasteiger partial charge in [-0.25, -0.2) is 13.9 Å². The summed E-state index contributed by atoms with van der Waals surface area (Å²) >= 11 is 4.37. The molecule has 1 aromatic rings. The predicted molar refractivity (Wildman–Crippen MR) is 73.4 cm³/mol. The molecule has 9 heteroatoms. The number of nitrogens with zero attached hydrogens (tertiary/aromatic N) is 1.